The highest BCUT2D eigenvalue weighted by molar-refractivity contribution is 7.90. The Hall–Kier alpha value is -1.11. The maximum atomic E-state index is 12.6. The summed E-state index contributed by atoms with van der Waals surface area (Å²) in [5.41, 5.74) is 0.237. The summed E-state index contributed by atoms with van der Waals surface area (Å²) in [6.07, 6.45) is 1.11. The number of carbonyl (C=O) groups is 1. The lowest BCUT2D eigenvalue weighted by molar-refractivity contribution is 0.0673. The van der Waals surface area contributed by atoms with E-state index in [1.807, 2.05) is 13.8 Å². The molecule has 2 atom stereocenters. The standard InChI is InChI=1S/C14H19ClN2O3S/c1-9-7-17(8-10(2)16-9)14(18)12-6-11(21(3,19)20)4-5-13(12)15/h4-6,9-10,16H,7-8H2,1-3H3/t9-,10+. The average molecular weight is 331 g/mol. The lowest BCUT2D eigenvalue weighted by Crippen LogP contribution is -2.55. The van der Waals surface area contributed by atoms with Gasteiger partial charge in [0.2, 0.25) is 0 Å². The number of hydrogen-bond donors (Lipinski definition) is 1. The van der Waals surface area contributed by atoms with Crippen LogP contribution in [0.1, 0.15) is 24.2 Å². The molecule has 21 heavy (non-hydrogen) atoms. The number of rotatable bonds is 2. The maximum Gasteiger partial charge on any atom is 0.255 e. The molecular weight excluding hydrogens is 312 g/mol. The minimum Gasteiger partial charge on any atom is -0.335 e. The number of carbonyl (C=O) groups excluding carboxylic acids is 1. The van der Waals surface area contributed by atoms with E-state index < -0.39 is 9.84 Å². The van der Waals surface area contributed by atoms with Gasteiger partial charge in [-0.2, -0.15) is 0 Å². The van der Waals surface area contributed by atoms with Crippen molar-refractivity contribution < 1.29 is 13.2 Å². The zero-order valence-corrected chi connectivity index (χ0v) is 13.8. The Morgan fingerprint density at radius 3 is 2.38 bits per heavy atom. The number of amides is 1. The van der Waals surface area contributed by atoms with Gasteiger partial charge in [-0.05, 0) is 32.0 Å². The summed E-state index contributed by atoms with van der Waals surface area (Å²) in [5.74, 6) is -0.231. The van der Waals surface area contributed by atoms with Gasteiger partial charge in [0.05, 0.1) is 15.5 Å². The van der Waals surface area contributed by atoms with Crippen molar-refractivity contribution in [3.63, 3.8) is 0 Å². The third-order valence-electron chi connectivity index (χ3n) is 3.44. The molecule has 116 valence electrons. The van der Waals surface area contributed by atoms with Crippen LogP contribution in [0, 0.1) is 0 Å². The van der Waals surface area contributed by atoms with Crippen molar-refractivity contribution in [1.29, 1.82) is 0 Å². The number of nitrogens with zero attached hydrogens (tertiary/aromatic N) is 1. The quantitative estimate of drug-likeness (QED) is 0.893. The maximum absolute atomic E-state index is 12.6. The lowest BCUT2D eigenvalue weighted by atomic mass is 10.1. The molecule has 1 aromatic rings. The Balaban J connectivity index is 2.34. The molecule has 7 heteroatoms. The second-order valence-corrected chi connectivity index (χ2v) is 8.02. The molecule has 2 rings (SSSR count). The van der Waals surface area contributed by atoms with Crippen LogP contribution in [0.4, 0.5) is 0 Å². The Morgan fingerprint density at radius 1 is 1.29 bits per heavy atom. The van der Waals surface area contributed by atoms with Gasteiger partial charge < -0.3 is 10.2 Å². The fourth-order valence-corrected chi connectivity index (χ4v) is 3.41. The van der Waals surface area contributed by atoms with E-state index in [0.717, 1.165) is 6.26 Å². The molecular formula is C14H19ClN2O3S. The molecule has 1 amide bonds. The Morgan fingerprint density at radius 2 is 1.86 bits per heavy atom. The topological polar surface area (TPSA) is 66.5 Å². The van der Waals surface area contributed by atoms with Crippen LogP contribution in [0.25, 0.3) is 0 Å². The number of hydrogen-bond acceptors (Lipinski definition) is 4. The van der Waals surface area contributed by atoms with Crippen LogP contribution in [-0.2, 0) is 9.84 Å². The first-order chi connectivity index (χ1) is 9.68. The van der Waals surface area contributed by atoms with Gasteiger partial charge in [-0.15, -0.1) is 0 Å². The second kappa shape index (κ2) is 5.94. The summed E-state index contributed by atoms with van der Waals surface area (Å²) in [6, 6.07) is 4.61. The first-order valence-electron chi connectivity index (χ1n) is 6.73. The van der Waals surface area contributed by atoms with Crippen LogP contribution >= 0.6 is 11.6 Å². The zero-order valence-electron chi connectivity index (χ0n) is 12.3. The molecule has 1 fully saturated rings. The van der Waals surface area contributed by atoms with Gasteiger partial charge in [0, 0.05) is 31.4 Å². The van der Waals surface area contributed by atoms with E-state index in [-0.39, 0.29) is 33.5 Å². The van der Waals surface area contributed by atoms with Gasteiger partial charge >= 0.3 is 0 Å². The molecule has 5 nitrogen and oxygen atoms in total. The molecule has 0 radical (unpaired) electrons. The first-order valence-corrected chi connectivity index (χ1v) is 9.00. The van der Waals surface area contributed by atoms with E-state index in [1.165, 1.54) is 18.2 Å². The molecule has 0 saturated carbocycles. The number of halogens is 1. The van der Waals surface area contributed by atoms with Crippen molar-refractivity contribution in [1.82, 2.24) is 10.2 Å². The summed E-state index contributed by atoms with van der Waals surface area (Å²) in [7, 11) is -3.37. The lowest BCUT2D eigenvalue weighted by Gasteiger charge is -2.36. The van der Waals surface area contributed by atoms with Crippen LogP contribution in [0.2, 0.25) is 5.02 Å². The van der Waals surface area contributed by atoms with Crippen LogP contribution in [0.5, 0.6) is 0 Å². The molecule has 0 spiro atoms. The van der Waals surface area contributed by atoms with Crippen molar-refractivity contribution in [2.24, 2.45) is 0 Å². The molecule has 1 aliphatic rings. The molecule has 1 heterocycles. The van der Waals surface area contributed by atoms with Gasteiger partial charge in [0.1, 0.15) is 0 Å². The molecule has 1 aliphatic heterocycles. The van der Waals surface area contributed by atoms with Gasteiger partial charge in [-0.1, -0.05) is 11.6 Å². The SMILES string of the molecule is C[C@@H]1CN(C(=O)c2cc(S(C)(=O)=O)ccc2Cl)C[C@H](C)N1. The number of nitrogens with one attached hydrogen (secondary N) is 1. The smallest absolute Gasteiger partial charge is 0.255 e. The monoisotopic (exact) mass is 330 g/mol. The number of piperazine rings is 1. The third kappa shape index (κ3) is 3.75. The normalized spacial score (nSPS) is 23.1. The fraction of sp³-hybridized carbons (Fsp3) is 0.500. The highest BCUT2D eigenvalue weighted by atomic mass is 35.5. The van der Waals surface area contributed by atoms with Gasteiger partial charge in [-0.25, -0.2) is 8.42 Å². The highest BCUT2D eigenvalue weighted by Gasteiger charge is 2.27. The molecule has 0 unspecified atom stereocenters. The van der Waals surface area contributed by atoms with E-state index in [2.05, 4.69) is 5.32 Å². The van der Waals surface area contributed by atoms with Crippen molar-refractivity contribution in [3.05, 3.63) is 28.8 Å². The van der Waals surface area contributed by atoms with Crippen molar-refractivity contribution in [3.8, 4) is 0 Å². The minimum absolute atomic E-state index is 0.103. The van der Waals surface area contributed by atoms with E-state index in [4.69, 9.17) is 11.6 Å². The predicted octanol–water partition coefficient (Wildman–Crippen LogP) is 1.57. The minimum atomic E-state index is -3.37. The van der Waals surface area contributed by atoms with Crippen LogP contribution in [0.3, 0.4) is 0 Å². The average Bonchev–Trinajstić information content (AvgIpc) is 2.36. The summed E-state index contributed by atoms with van der Waals surface area (Å²) < 4.78 is 23.2. The largest absolute Gasteiger partial charge is 0.335 e. The number of benzene rings is 1. The van der Waals surface area contributed by atoms with E-state index in [9.17, 15) is 13.2 Å². The van der Waals surface area contributed by atoms with Crippen molar-refractivity contribution in [2.75, 3.05) is 19.3 Å². The fourth-order valence-electron chi connectivity index (χ4n) is 2.56. The summed E-state index contributed by atoms with van der Waals surface area (Å²) >= 11 is 6.08. The highest BCUT2D eigenvalue weighted by Crippen LogP contribution is 2.23. The van der Waals surface area contributed by atoms with E-state index in [1.54, 1.807) is 4.90 Å². The van der Waals surface area contributed by atoms with Crippen LogP contribution in [-0.4, -0.2) is 50.7 Å². The first kappa shape index (κ1) is 16.3. The van der Waals surface area contributed by atoms with Crippen molar-refractivity contribution in [2.45, 2.75) is 30.8 Å². The Bertz CT molecular complexity index is 650. The van der Waals surface area contributed by atoms with Gasteiger partial charge in [0.25, 0.3) is 5.91 Å². The number of sulfone groups is 1. The molecule has 1 aromatic carbocycles. The third-order valence-corrected chi connectivity index (χ3v) is 4.88. The van der Waals surface area contributed by atoms with Crippen LogP contribution < -0.4 is 5.32 Å². The van der Waals surface area contributed by atoms with Crippen molar-refractivity contribution >= 4 is 27.3 Å². The van der Waals surface area contributed by atoms with Gasteiger partial charge in [-0.3, -0.25) is 4.79 Å². The van der Waals surface area contributed by atoms with Crippen LogP contribution in [0.15, 0.2) is 23.1 Å². The van der Waals surface area contributed by atoms with E-state index >= 15 is 0 Å². The molecule has 0 aromatic heterocycles. The molecule has 1 saturated heterocycles. The van der Waals surface area contributed by atoms with Gasteiger partial charge in [0.15, 0.2) is 9.84 Å². The predicted molar refractivity (Wildman–Crippen MR) is 82.5 cm³/mol. The zero-order chi connectivity index (χ0) is 15.8. The van der Waals surface area contributed by atoms with E-state index in [0.29, 0.717) is 13.1 Å². The molecule has 0 aliphatic carbocycles. The molecule has 0 bridgehead atoms. The summed E-state index contributed by atoms with van der Waals surface area (Å²) in [4.78, 5) is 14.4. The Labute approximate surface area is 130 Å². The second-order valence-electron chi connectivity index (χ2n) is 5.59. The molecule has 1 N–H and O–H groups in total. The summed E-state index contributed by atoms with van der Waals surface area (Å²) in [5, 5.41) is 3.61. The summed E-state index contributed by atoms with van der Waals surface area (Å²) in [6.45, 7) is 5.15. The Kier molecular flexibility index (Phi) is 4.60.